The van der Waals surface area contributed by atoms with Gasteiger partial charge in [-0.25, -0.2) is 9.69 Å². The lowest BCUT2D eigenvalue weighted by molar-refractivity contribution is -0.122. The Labute approximate surface area is 236 Å². The molecule has 1 aliphatic rings. The summed E-state index contributed by atoms with van der Waals surface area (Å²) in [6, 6.07) is 16.9. The van der Waals surface area contributed by atoms with Crippen LogP contribution in [0, 0.1) is 7.14 Å². The third-order valence-electron chi connectivity index (χ3n) is 4.81. The topological polar surface area (TPSA) is 75.7 Å². The molecule has 0 bridgehead atoms. The molecule has 0 saturated carbocycles. The number of nitrogens with one attached hydrogen (secondary N) is 1. The summed E-state index contributed by atoms with van der Waals surface area (Å²) in [5, 5.41) is 2.69. The zero-order valence-electron chi connectivity index (χ0n) is 17.2. The first kappa shape index (κ1) is 25.1. The number of halogens is 4. The van der Waals surface area contributed by atoms with Crippen molar-refractivity contribution >= 4 is 102 Å². The van der Waals surface area contributed by atoms with Gasteiger partial charge in [0.1, 0.15) is 17.9 Å². The molecule has 3 aromatic rings. The van der Waals surface area contributed by atoms with Gasteiger partial charge in [-0.15, -0.1) is 0 Å². The molecule has 1 aliphatic heterocycles. The molecule has 34 heavy (non-hydrogen) atoms. The largest absolute Gasteiger partial charge is 0.487 e. The third kappa shape index (κ3) is 5.64. The summed E-state index contributed by atoms with van der Waals surface area (Å²) in [6.45, 7) is 0.402. The molecule has 1 saturated heterocycles. The van der Waals surface area contributed by atoms with Gasteiger partial charge in [0.2, 0.25) is 0 Å². The molecule has 172 valence electrons. The second kappa shape index (κ2) is 10.8. The van der Waals surface area contributed by atoms with Gasteiger partial charge in [0.05, 0.1) is 12.8 Å². The van der Waals surface area contributed by atoms with E-state index in [4.69, 9.17) is 16.3 Å². The van der Waals surface area contributed by atoms with Gasteiger partial charge in [-0.3, -0.25) is 14.9 Å². The van der Waals surface area contributed by atoms with Crippen molar-refractivity contribution in [3.63, 3.8) is 0 Å². The van der Waals surface area contributed by atoms with Crippen LogP contribution in [0.5, 0.6) is 5.75 Å². The highest BCUT2D eigenvalue weighted by Crippen LogP contribution is 2.31. The molecular weight excluding hydrogens is 749 g/mol. The summed E-state index contributed by atoms with van der Waals surface area (Å²) >= 11 is 13.6. The van der Waals surface area contributed by atoms with E-state index >= 15 is 0 Å². The Kier molecular flexibility index (Phi) is 7.95. The lowest BCUT2D eigenvalue weighted by Crippen LogP contribution is -2.54. The third-order valence-corrected chi connectivity index (χ3v) is 7.20. The fraction of sp³-hybridized carbons (Fsp3) is 0.0417. The molecule has 6 nitrogen and oxygen atoms in total. The van der Waals surface area contributed by atoms with Crippen LogP contribution in [0.1, 0.15) is 11.1 Å². The zero-order valence-corrected chi connectivity index (χ0v) is 23.8. The van der Waals surface area contributed by atoms with Gasteiger partial charge in [0.25, 0.3) is 11.8 Å². The molecular formula is C24H14BrClI2N2O4. The van der Waals surface area contributed by atoms with Crippen molar-refractivity contribution in [1.82, 2.24) is 5.32 Å². The fourth-order valence-corrected chi connectivity index (χ4v) is 5.70. The normalized spacial score (nSPS) is 15.0. The van der Waals surface area contributed by atoms with E-state index in [9.17, 15) is 14.4 Å². The Hall–Kier alpha value is -1.96. The smallest absolute Gasteiger partial charge is 0.335 e. The molecule has 1 heterocycles. The maximum Gasteiger partial charge on any atom is 0.335 e. The van der Waals surface area contributed by atoms with Crippen LogP contribution in [0.25, 0.3) is 6.08 Å². The first-order valence-corrected chi connectivity index (χ1v) is 13.1. The molecule has 0 atom stereocenters. The van der Waals surface area contributed by atoms with Gasteiger partial charge in [-0.1, -0.05) is 39.7 Å². The van der Waals surface area contributed by atoms with Crippen molar-refractivity contribution in [1.29, 1.82) is 0 Å². The maximum atomic E-state index is 13.1. The highest BCUT2D eigenvalue weighted by Gasteiger charge is 2.36. The number of ether oxygens (including phenoxy) is 1. The van der Waals surface area contributed by atoms with Gasteiger partial charge >= 0.3 is 6.03 Å². The first-order chi connectivity index (χ1) is 16.2. The minimum Gasteiger partial charge on any atom is -0.487 e. The van der Waals surface area contributed by atoms with Crippen molar-refractivity contribution in [3.05, 3.63) is 94.0 Å². The second-order valence-electron chi connectivity index (χ2n) is 7.16. The SMILES string of the molecule is O=C1NC(=O)N(c2ccc(Cl)cc2)C(=O)/C1=C/c1cc(I)c(OCc2ccc(Br)cc2)c(I)c1. The standard InChI is InChI=1S/C24H14BrClI2N2O4/c25-15-3-1-13(2-4-15)12-34-21-19(27)10-14(11-20(21)28)9-18-22(31)29-24(33)30(23(18)32)17-7-5-16(26)6-8-17/h1-11H,12H2,(H,29,31,33)/b18-9+. The van der Waals surface area contributed by atoms with Crippen LogP contribution in [0.15, 0.2) is 70.7 Å². The number of urea groups is 1. The van der Waals surface area contributed by atoms with E-state index < -0.39 is 17.8 Å². The van der Waals surface area contributed by atoms with E-state index in [-0.39, 0.29) is 5.57 Å². The molecule has 3 aromatic carbocycles. The zero-order chi connectivity index (χ0) is 24.4. The Morgan fingerprint density at radius 1 is 0.971 bits per heavy atom. The average Bonchev–Trinajstić information content (AvgIpc) is 2.78. The van der Waals surface area contributed by atoms with Gasteiger partial charge in [-0.2, -0.15) is 0 Å². The van der Waals surface area contributed by atoms with E-state index in [1.165, 1.54) is 18.2 Å². The molecule has 10 heteroatoms. The monoisotopic (exact) mass is 762 g/mol. The number of rotatable bonds is 5. The molecule has 4 rings (SSSR count). The Bertz CT molecular complexity index is 1300. The van der Waals surface area contributed by atoms with E-state index in [1.54, 1.807) is 12.1 Å². The van der Waals surface area contributed by atoms with Crippen molar-refractivity contribution < 1.29 is 19.1 Å². The molecule has 1 fully saturated rings. The van der Waals surface area contributed by atoms with E-state index in [2.05, 4.69) is 66.4 Å². The van der Waals surface area contributed by atoms with Crippen LogP contribution >= 0.6 is 72.7 Å². The fourth-order valence-electron chi connectivity index (χ4n) is 3.19. The van der Waals surface area contributed by atoms with E-state index in [1.807, 2.05) is 36.4 Å². The lowest BCUT2D eigenvalue weighted by atomic mass is 10.1. The van der Waals surface area contributed by atoms with Crippen LogP contribution in [-0.2, 0) is 16.2 Å². The highest BCUT2D eigenvalue weighted by atomic mass is 127. The van der Waals surface area contributed by atoms with Crippen molar-refractivity contribution in [2.45, 2.75) is 6.61 Å². The number of benzene rings is 3. The number of anilines is 1. The van der Waals surface area contributed by atoms with Crippen molar-refractivity contribution in [3.8, 4) is 5.75 Å². The number of hydrogen-bond acceptors (Lipinski definition) is 4. The van der Waals surface area contributed by atoms with Gasteiger partial charge in [0, 0.05) is 9.50 Å². The van der Waals surface area contributed by atoms with Gasteiger partial charge in [-0.05, 0) is 111 Å². The number of amides is 4. The quantitative estimate of drug-likeness (QED) is 0.182. The first-order valence-electron chi connectivity index (χ1n) is 9.76. The Morgan fingerprint density at radius 3 is 2.21 bits per heavy atom. The predicted molar refractivity (Wildman–Crippen MR) is 151 cm³/mol. The molecule has 1 N–H and O–H groups in total. The summed E-state index contributed by atoms with van der Waals surface area (Å²) in [5.74, 6) is -0.749. The average molecular weight is 764 g/mol. The summed E-state index contributed by atoms with van der Waals surface area (Å²) in [7, 11) is 0. The number of carbonyl (C=O) groups excluding carboxylic acids is 3. The van der Waals surface area contributed by atoms with Gasteiger partial charge in [0.15, 0.2) is 0 Å². The highest BCUT2D eigenvalue weighted by molar-refractivity contribution is 14.1. The predicted octanol–water partition coefficient (Wildman–Crippen LogP) is 6.56. The van der Waals surface area contributed by atoms with E-state index in [0.29, 0.717) is 28.6 Å². The summed E-state index contributed by atoms with van der Waals surface area (Å²) in [6.07, 6.45) is 1.47. The number of imide groups is 2. The number of carbonyl (C=O) groups is 3. The maximum absolute atomic E-state index is 13.1. The van der Waals surface area contributed by atoms with Crippen LogP contribution < -0.4 is 15.0 Å². The molecule has 0 radical (unpaired) electrons. The molecule has 0 aliphatic carbocycles. The summed E-state index contributed by atoms with van der Waals surface area (Å²) < 4.78 is 8.66. The molecule has 0 spiro atoms. The minimum absolute atomic E-state index is 0.148. The summed E-state index contributed by atoms with van der Waals surface area (Å²) in [5.41, 5.74) is 1.82. The van der Waals surface area contributed by atoms with Gasteiger partial charge < -0.3 is 4.74 Å². The van der Waals surface area contributed by atoms with Crippen LogP contribution in [0.3, 0.4) is 0 Å². The summed E-state index contributed by atoms with van der Waals surface area (Å²) in [4.78, 5) is 38.8. The van der Waals surface area contributed by atoms with Crippen molar-refractivity contribution in [2.75, 3.05) is 4.90 Å². The number of hydrogen-bond donors (Lipinski definition) is 1. The molecule has 0 unspecified atom stereocenters. The Balaban J connectivity index is 1.60. The molecule has 4 amide bonds. The van der Waals surface area contributed by atoms with E-state index in [0.717, 1.165) is 22.1 Å². The Morgan fingerprint density at radius 2 is 1.59 bits per heavy atom. The van der Waals surface area contributed by atoms with Crippen LogP contribution in [0.2, 0.25) is 5.02 Å². The number of nitrogens with zero attached hydrogens (tertiary/aromatic N) is 1. The number of barbiturate groups is 1. The van der Waals surface area contributed by atoms with Crippen LogP contribution in [-0.4, -0.2) is 17.8 Å². The van der Waals surface area contributed by atoms with Crippen molar-refractivity contribution in [2.24, 2.45) is 0 Å². The molecule has 0 aromatic heterocycles. The lowest BCUT2D eigenvalue weighted by Gasteiger charge is -2.26. The van der Waals surface area contributed by atoms with Crippen LogP contribution in [0.4, 0.5) is 10.5 Å². The minimum atomic E-state index is -0.810. The second-order valence-corrected chi connectivity index (χ2v) is 10.8.